The lowest BCUT2D eigenvalue weighted by molar-refractivity contribution is 0.506. The zero-order chi connectivity index (χ0) is 11.4. The van der Waals surface area contributed by atoms with Gasteiger partial charge in [-0.2, -0.15) is 0 Å². The van der Waals surface area contributed by atoms with Crippen molar-refractivity contribution < 1.29 is 0 Å². The third-order valence-corrected chi connectivity index (χ3v) is 3.77. The molecule has 0 bridgehead atoms. The van der Waals surface area contributed by atoms with Gasteiger partial charge < -0.3 is 9.88 Å². The van der Waals surface area contributed by atoms with Gasteiger partial charge in [-0.1, -0.05) is 19.8 Å². The van der Waals surface area contributed by atoms with E-state index in [-0.39, 0.29) is 0 Å². The summed E-state index contributed by atoms with van der Waals surface area (Å²) in [5.41, 5.74) is 2.91. The van der Waals surface area contributed by atoms with E-state index in [1.54, 1.807) is 0 Å². The molecule has 0 aromatic carbocycles. The molecule has 0 amide bonds. The Labute approximate surface area is 99.0 Å². The molecular formula is C14H24N2. The van der Waals surface area contributed by atoms with Crippen LogP contribution in [0.25, 0.3) is 0 Å². The minimum Gasteiger partial charge on any atom is -0.348 e. The van der Waals surface area contributed by atoms with Crippen molar-refractivity contribution in [1.82, 2.24) is 9.88 Å². The van der Waals surface area contributed by atoms with Crippen molar-refractivity contribution in [1.29, 1.82) is 0 Å². The zero-order valence-corrected chi connectivity index (χ0v) is 10.6. The molecule has 2 nitrogen and oxygen atoms in total. The summed E-state index contributed by atoms with van der Waals surface area (Å²) in [6.45, 7) is 6.60. The van der Waals surface area contributed by atoms with Crippen molar-refractivity contribution in [2.45, 2.75) is 65.1 Å². The van der Waals surface area contributed by atoms with Gasteiger partial charge in [-0.15, -0.1) is 0 Å². The van der Waals surface area contributed by atoms with Crippen LogP contribution < -0.4 is 5.32 Å². The van der Waals surface area contributed by atoms with E-state index < -0.39 is 0 Å². The number of aromatic nitrogens is 1. The number of nitrogens with zero attached hydrogens (tertiary/aromatic N) is 1. The van der Waals surface area contributed by atoms with Gasteiger partial charge in [0.1, 0.15) is 0 Å². The van der Waals surface area contributed by atoms with Gasteiger partial charge in [-0.25, -0.2) is 0 Å². The molecule has 1 aliphatic rings. The van der Waals surface area contributed by atoms with E-state index in [0.29, 0.717) is 0 Å². The average Bonchev–Trinajstić information content (AvgIpc) is 2.94. The Morgan fingerprint density at radius 2 is 1.88 bits per heavy atom. The van der Waals surface area contributed by atoms with Crippen LogP contribution in [0.4, 0.5) is 0 Å². The predicted molar refractivity (Wildman–Crippen MR) is 68.6 cm³/mol. The summed E-state index contributed by atoms with van der Waals surface area (Å²) in [5.74, 6) is 0. The second kappa shape index (κ2) is 5.53. The van der Waals surface area contributed by atoms with Gasteiger partial charge in [-0.3, -0.25) is 0 Å². The summed E-state index contributed by atoms with van der Waals surface area (Å²) >= 11 is 0. The van der Waals surface area contributed by atoms with Crippen molar-refractivity contribution in [2.75, 3.05) is 0 Å². The predicted octanol–water partition coefficient (Wildman–Crippen LogP) is 3.10. The quantitative estimate of drug-likeness (QED) is 0.807. The Balaban J connectivity index is 1.94. The van der Waals surface area contributed by atoms with Crippen LogP contribution in [0.3, 0.4) is 0 Å². The second-order valence-electron chi connectivity index (χ2n) is 4.78. The van der Waals surface area contributed by atoms with Gasteiger partial charge in [0, 0.05) is 30.5 Å². The van der Waals surface area contributed by atoms with Crippen LogP contribution in [0.1, 0.15) is 50.9 Å². The van der Waals surface area contributed by atoms with Crippen molar-refractivity contribution >= 4 is 0 Å². The molecule has 0 unspecified atom stereocenters. The molecule has 1 N–H and O–H groups in total. The van der Waals surface area contributed by atoms with Gasteiger partial charge in [0.15, 0.2) is 0 Å². The molecule has 16 heavy (non-hydrogen) atoms. The minimum absolute atomic E-state index is 0.769. The standard InChI is InChI=1S/C14H24N2/c1-3-13-9-10-14(16(13)4-2)11-15-12-7-5-6-8-12/h9-10,12,15H,3-8,11H2,1-2H3. The maximum atomic E-state index is 3.69. The Morgan fingerprint density at radius 1 is 1.19 bits per heavy atom. The van der Waals surface area contributed by atoms with E-state index in [0.717, 1.165) is 25.6 Å². The maximum Gasteiger partial charge on any atom is 0.0361 e. The number of aryl methyl sites for hydroxylation is 1. The summed E-state index contributed by atoms with van der Waals surface area (Å²) in [6, 6.07) is 5.32. The van der Waals surface area contributed by atoms with Crippen LogP contribution in [-0.4, -0.2) is 10.6 Å². The first-order chi connectivity index (χ1) is 7.85. The van der Waals surface area contributed by atoms with Crippen LogP contribution in [-0.2, 0) is 19.5 Å². The van der Waals surface area contributed by atoms with Gasteiger partial charge >= 0.3 is 0 Å². The van der Waals surface area contributed by atoms with Crippen molar-refractivity contribution in [2.24, 2.45) is 0 Å². The molecule has 0 saturated heterocycles. The van der Waals surface area contributed by atoms with E-state index >= 15 is 0 Å². The van der Waals surface area contributed by atoms with E-state index in [1.807, 2.05) is 0 Å². The van der Waals surface area contributed by atoms with Crippen LogP contribution in [0.15, 0.2) is 12.1 Å². The lowest BCUT2D eigenvalue weighted by Crippen LogP contribution is -2.26. The molecule has 1 aromatic rings. The lowest BCUT2D eigenvalue weighted by atomic mass is 10.2. The molecule has 0 radical (unpaired) electrons. The van der Waals surface area contributed by atoms with Gasteiger partial charge in [0.05, 0.1) is 0 Å². The van der Waals surface area contributed by atoms with Crippen molar-refractivity contribution in [3.05, 3.63) is 23.5 Å². The summed E-state index contributed by atoms with van der Waals surface area (Å²) in [6.07, 6.45) is 6.69. The van der Waals surface area contributed by atoms with Gasteiger partial charge in [0.2, 0.25) is 0 Å². The highest BCUT2D eigenvalue weighted by Crippen LogP contribution is 2.18. The van der Waals surface area contributed by atoms with Gasteiger partial charge in [0.25, 0.3) is 0 Å². The minimum atomic E-state index is 0.769. The SMILES string of the molecule is CCc1ccc(CNC2CCCC2)n1CC. The van der Waals surface area contributed by atoms with Crippen LogP contribution in [0.2, 0.25) is 0 Å². The molecule has 0 spiro atoms. The number of hydrogen-bond acceptors (Lipinski definition) is 1. The fourth-order valence-corrected chi connectivity index (χ4v) is 2.80. The molecule has 2 heteroatoms. The highest BCUT2D eigenvalue weighted by atomic mass is 15.0. The third-order valence-electron chi connectivity index (χ3n) is 3.77. The lowest BCUT2D eigenvalue weighted by Gasteiger charge is -2.14. The van der Waals surface area contributed by atoms with Crippen molar-refractivity contribution in [3.63, 3.8) is 0 Å². The Bertz CT molecular complexity index is 321. The largest absolute Gasteiger partial charge is 0.348 e. The molecule has 1 fully saturated rings. The van der Waals surface area contributed by atoms with E-state index in [4.69, 9.17) is 0 Å². The fraction of sp³-hybridized carbons (Fsp3) is 0.714. The highest BCUT2D eigenvalue weighted by Gasteiger charge is 2.14. The average molecular weight is 220 g/mol. The smallest absolute Gasteiger partial charge is 0.0361 e. The molecule has 90 valence electrons. The summed E-state index contributed by atoms with van der Waals surface area (Å²) in [4.78, 5) is 0. The first-order valence-electron chi connectivity index (χ1n) is 6.75. The molecular weight excluding hydrogens is 196 g/mol. The molecule has 1 heterocycles. The summed E-state index contributed by atoms with van der Waals surface area (Å²) in [5, 5.41) is 3.69. The molecule has 1 aliphatic carbocycles. The second-order valence-corrected chi connectivity index (χ2v) is 4.78. The molecule has 1 aromatic heterocycles. The number of nitrogens with one attached hydrogen (secondary N) is 1. The maximum absolute atomic E-state index is 3.69. The number of rotatable bonds is 5. The van der Waals surface area contributed by atoms with Crippen LogP contribution in [0, 0.1) is 0 Å². The highest BCUT2D eigenvalue weighted by molar-refractivity contribution is 5.16. The Morgan fingerprint density at radius 3 is 2.50 bits per heavy atom. The normalized spacial score (nSPS) is 17.1. The number of hydrogen-bond donors (Lipinski definition) is 1. The zero-order valence-electron chi connectivity index (χ0n) is 10.6. The van der Waals surface area contributed by atoms with E-state index in [9.17, 15) is 0 Å². The first kappa shape index (κ1) is 11.7. The van der Waals surface area contributed by atoms with Crippen LogP contribution >= 0.6 is 0 Å². The monoisotopic (exact) mass is 220 g/mol. The molecule has 2 rings (SSSR count). The first-order valence-corrected chi connectivity index (χ1v) is 6.75. The third kappa shape index (κ3) is 2.49. The van der Waals surface area contributed by atoms with E-state index in [2.05, 4.69) is 35.9 Å². The summed E-state index contributed by atoms with van der Waals surface area (Å²) < 4.78 is 2.45. The fourth-order valence-electron chi connectivity index (χ4n) is 2.80. The van der Waals surface area contributed by atoms with E-state index in [1.165, 1.54) is 37.1 Å². The van der Waals surface area contributed by atoms with Crippen molar-refractivity contribution in [3.8, 4) is 0 Å². The summed E-state index contributed by atoms with van der Waals surface area (Å²) in [7, 11) is 0. The molecule has 0 atom stereocenters. The van der Waals surface area contributed by atoms with Crippen LogP contribution in [0.5, 0.6) is 0 Å². The topological polar surface area (TPSA) is 17.0 Å². The Kier molecular flexibility index (Phi) is 4.05. The molecule has 1 saturated carbocycles. The van der Waals surface area contributed by atoms with Gasteiger partial charge in [-0.05, 0) is 38.3 Å². The molecule has 0 aliphatic heterocycles. The Hall–Kier alpha value is -0.760.